The van der Waals surface area contributed by atoms with Crippen molar-refractivity contribution in [1.82, 2.24) is 10.2 Å². The standard InChI is InChI=1S/C16H18Cl2N2O3/c1-2-10-16(23)20-6-5-8(7-11(20)15(22)19-10)13-12(21)4-3-9(17)14(13)18/h3-4,8,10-11,21H,2,5-7H2,1H3,(H,19,22)/t8-,10-,11+/m1/s1. The lowest BCUT2D eigenvalue weighted by molar-refractivity contribution is -0.151. The Balaban J connectivity index is 1.88. The molecule has 2 N–H and O–H groups in total. The number of nitrogens with one attached hydrogen (secondary N) is 1. The molecule has 3 rings (SSSR count). The Morgan fingerprint density at radius 1 is 1.35 bits per heavy atom. The lowest BCUT2D eigenvalue weighted by Crippen LogP contribution is -2.64. The smallest absolute Gasteiger partial charge is 0.245 e. The monoisotopic (exact) mass is 356 g/mol. The molecule has 0 radical (unpaired) electrons. The van der Waals surface area contributed by atoms with E-state index in [1.807, 2.05) is 6.92 Å². The minimum Gasteiger partial charge on any atom is -0.508 e. The van der Waals surface area contributed by atoms with Crippen LogP contribution in [0.3, 0.4) is 0 Å². The fourth-order valence-corrected chi connectivity index (χ4v) is 3.97. The zero-order valence-electron chi connectivity index (χ0n) is 12.7. The fraction of sp³-hybridized carbons (Fsp3) is 0.500. The van der Waals surface area contributed by atoms with Crippen LogP contribution in [-0.4, -0.2) is 40.4 Å². The van der Waals surface area contributed by atoms with Crippen LogP contribution in [0.1, 0.15) is 37.7 Å². The largest absolute Gasteiger partial charge is 0.508 e. The Morgan fingerprint density at radius 2 is 2.09 bits per heavy atom. The minimum atomic E-state index is -0.515. The van der Waals surface area contributed by atoms with Crippen LogP contribution in [0.2, 0.25) is 10.0 Å². The van der Waals surface area contributed by atoms with Gasteiger partial charge in [0.15, 0.2) is 0 Å². The average molecular weight is 357 g/mol. The van der Waals surface area contributed by atoms with Crippen LogP contribution in [0, 0.1) is 0 Å². The summed E-state index contributed by atoms with van der Waals surface area (Å²) in [6, 6.07) is 2.10. The molecule has 3 atom stereocenters. The number of piperidine rings is 1. The topological polar surface area (TPSA) is 69.6 Å². The Bertz CT molecular complexity index is 665. The van der Waals surface area contributed by atoms with Gasteiger partial charge in [-0.3, -0.25) is 9.59 Å². The highest BCUT2D eigenvalue weighted by Gasteiger charge is 2.44. The summed E-state index contributed by atoms with van der Waals surface area (Å²) in [5, 5.41) is 13.6. The van der Waals surface area contributed by atoms with Crippen molar-refractivity contribution in [3.8, 4) is 5.75 Å². The molecule has 0 aliphatic carbocycles. The summed E-state index contributed by atoms with van der Waals surface area (Å²) in [7, 11) is 0. The third-order valence-electron chi connectivity index (χ3n) is 4.73. The van der Waals surface area contributed by atoms with Gasteiger partial charge in [-0.2, -0.15) is 0 Å². The van der Waals surface area contributed by atoms with E-state index in [0.717, 1.165) is 0 Å². The van der Waals surface area contributed by atoms with Gasteiger partial charge in [0.2, 0.25) is 11.8 Å². The van der Waals surface area contributed by atoms with Crippen LogP contribution in [0.15, 0.2) is 12.1 Å². The number of hydrogen-bond donors (Lipinski definition) is 2. The third kappa shape index (κ3) is 2.76. The zero-order valence-corrected chi connectivity index (χ0v) is 14.2. The van der Waals surface area contributed by atoms with Crippen LogP contribution < -0.4 is 5.32 Å². The lowest BCUT2D eigenvalue weighted by Gasteiger charge is -2.44. The van der Waals surface area contributed by atoms with Gasteiger partial charge in [0, 0.05) is 12.1 Å². The number of carbonyl (C=O) groups excluding carboxylic acids is 2. The molecule has 0 bridgehead atoms. The van der Waals surface area contributed by atoms with Crippen molar-refractivity contribution in [2.24, 2.45) is 0 Å². The SMILES string of the molecule is CC[C@H]1NC(=O)[C@@H]2C[C@H](c3c(O)ccc(Cl)c3Cl)CCN2C1=O. The van der Waals surface area contributed by atoms with Crippen LogP contribution in [-0.2, 0) is 9.59 Å². The van der Waals surface area contributed by atoms with E-state index in [2.05, 4.69) is 5.32 Å². The molecule has 2 aliphatic rings. The van der Waals surface area contributed by atoms with Crippen LogP contribution in [0.4, 0.5) is 0 Å². The normalized spacial score (nSPS) is 27.6. The molecule has 2 amide bonds. The molecular formula is C16H18Cl2N2O3. The van der Waals surface area contributed by atoms with E-state index in [9.17, 15) is 14.7 Å². The van der Waals surface area contributed by atoms with Gasteiger partial charge in [0.25, 0.3) is 0 Å². The highest BCUT2D eigenvalue weighted by atomic mass is 35.5. The number of fused-ring (bicyclic) bond motifs is 1. The molecule has 124 valence electrons. The number of carbonyl (C=O) groups is 2. The summed E-state index contributed by atoms with van der Waals surface area (Å²) in [5.74, 6) is -0.207. The van der Waals surface area contributed by atoms with Crippen molar-refractivity contribution in [1.29, 1.82) is 0 Å². The molecule has 0 saturated carbocycles. The Kier molecular flexibility index (Phi) is 4.43. The summed E-state index contributed by atoms with van der Waals surface area (Å²) < 4.78 is 0. The first-order chi connectivity index (χ1) is 10.9. The second-order valence-corrected chi connectivity index (χ2v) is 6.82. The van der Waals surface area contributed by atoms with E-state index in [-0.39, 0.29) is 23.5 Å². The molecule has 5 nitrogen and oxygen atoms in total. The third-order valence-corrected chi connectivity index (χ3v) is 5.55. The first kappa shape index (κ1) is 16.4. The van der Waals surface area contributed by atoms with Gasteiger partial charge in [-0.25, -0.2) is 0 Å². The summed E-state index contributed by atoms with van der Waals surface area (Å²) in [4.78, 5) is 26.4. The maximum absolute atomic E-state index is 12.4. The van der Waals surface area contributed by atoms with Gasteiger partial charge in [-0.05, 0) is 37.3 Å². The van der Waals surface area contributed by atoms with E-state index in [1.165, 1.54) is 6.07 Å². The van der Waals surface area contributed by atoms with Crippen LogP contribution in [0.5, 0.6) is 5.75 Å². The predicted molar refractivity (Wildman–Crippen MR) is 87.8 cm³/mol. The molecule has 2 heterocycles. The number of phenols is 1. The summed E-state index contributed by atoms with van der Waals surface area (Å²) >= 11 is 12.3. The van der Waals surface area contributed by atoms with Gasteiger partial charge in [0.1, 0.15) is 17.8 Å². The van der Waals surface area contributed by atoms with E-state index in [1.54, 1.807) is 11.0 Å². The number of amides is 2. The number of phenolic OH excluding ortho intramolecular Hbond substituents is 1. The van der Waals surface area contributed by atoms with Crippen molar-refractivity contribution < 1.29 is 14.7 Å². The number of benzene rings is 1. The first-order valence-electron chi connectivity index (χ1n) is 7.71. The molecule has 7 heteroatoms. The molecular weight excluding hydrogens is 339 g/mol. The molecule has 2 aliphatic heterocycles. The number of nitrogens with zero attached hydrogens (tertiary/aromatic N) is 1. The fourth-order valence-electron chi connectivity index (χ4n) is 3.49. The summed E-state index contributed by atoms with van der Waals surface area (Å²) in [6.07, 6.45) is 1.65. The van der Waals surface area contributed by atoms with Gasteiger partial charge < -0.3 is 15.3 Å². The maximum atomic E-state index is 12.4. The molecule has 1 aromatic rings. The second-order valence-electron chi connectivity index (χ2n) is 6.03. The van der Waals surface area contributed by atoms with Crippen molar-refractivity contribution >= 4 is 35.0 Å². The molecule has 23 heavy (non-hydrogen) atoms. The van der Waals surface area contributed by atoms with Crippen LogP contribution >= 0.6 is 23.2 Å². The molecule has 0 unspecified atom stereocenters. The second kappa shape index (κ2) is 6.21. The van der Waals surface area contributed by atoms with E-state index in [4.69, 9.17) is 23.2 Å². The molecule has 1 aromatic carbocycles. The van der Waals surface area contributed by atoms with Crippen molar-refractivity contribution in [3.63, 3.8) is 0 Å². The van der Waals surface area contributed by atoms with Crippen molar-refractivity contribution in [2.45, 2.75) is 44.2 Å². The van der Waals surface area contributed by atoms with Crippen LogP contribution in [0.25, 0.3) is 0 Å². The van der Waals surface area contributed by atoms with Gasteiger partial charge in [-0.1, -0.05) is 30.1 Å². The summed E-state index contributed by atoms with van der Waals surface area (Å²) in [6.45, 7) is 2.35. The van der Waals surface area contributed by atoms with Crippen molar-refractivity contribution in [2.75, 3.05) is 6.54 Å². The van der Waals surface area contributed by atoms with E-state index >= 15 is 0 Å². The number of hydrogen-bond acceptors (Lipinski definition) is 3. The highest BCUT2D eigenvalue weighted by molar-refractivity contribution is 6.42. The quantitative estimate of drug-likeness (QED) is 0.855. The minimum absolute atomic E-state index is 0.0306. The van der Waals surface area contributed by atoms with Gasteiger partial charge in [0.05, 0.1) is 10.0 Å². The molecule has 2 saturated heterocycles. The highest BCUT2D eigenvalue weighted by Crippen LogP contribution is 2.43. The van der Waals surface area contributed by atoms with Gasteiger partial charge >= 0.3 is 0 Å². The first-order valence-corrected chi connectivity index (χ1v) is 8.47. The Morgan fingerprint density at radius 3 is 2.78 bits per heavy atom. The van der Waals surface area contributed by atoms with E-state index < -0.39 is 12.1 Å². The van der Waals surface area contributed by atoms with Crippen molar-refractivity contribution in [3.05, 3.63) is 27.7 Å². The van der Waals surface area contributed by atoms with Gasteiger partial charge in [-0.15, -0.1) is 0 Å². The Hall–Kier alpha value is -1.46. The molecule has 0 aromatic heterocycles. The summed E-state index contributed by atoms with van der Waals surface area (Å²) in [5.41, 5.74) is 0.566. The zero-order chi connectivity index (χ0) is 16.7. The molecule has 0 spiro atoms. The lowest BCUT2D eigenvalue weighted by atomic mass is 9.83. The number of halogens is 2. The maximum Gasteiger partial charge on any atom is 0.245 e. The average Bonchev–Trinajstić information content (AvgIpc) is 2.54. The molecule has 2 fully saturated rings. The number of piperazine rings is 1. The predicted octanol–water partition coefficient (Wildman–Crippen LogP) is 2.68. The Labute approximate surface area is 144 Å². The number of rotatable bonds is 2. The van der Waals surface area contributed by atoms with E-state index in [0.29, 0.717) is 41.4 Å². The number of aromatic hydroxyl groups is 1.